The largest absolute Gasteiger partial charge is 0.399 e. The molecule has 0 spiro atoms. The summed E-state index contributed by atoms with van der Waals surface area (Å²) in [6.45, 7) is 0. The van der Waals surface area contributed by atoms with Crippen LogP contribution >= 0.6 is 0 Å². The number of nitrogens with zero attached hydrogens (tertiary/aromatic N) is 2. The summed E-state index contributed by atoms with van der Waals surface area (Å²) >= 11 is 0. The van der Waals surface area contributed by atoms with Crippen LogP contribution < -0.4 is 10.6 Å². The third-order valence-electron chi connectivity index (χ3n) is 3.94. The van der Waals surface area contributed by atoms with E-state index < -0.39 is 0 Å². The Kier molecular flexibility index (Phi) is 2.48. The molecule has 0 atom stereocenters. The first-order valence-corrected chi connectivity index (χ1v) is 6.94. The van der Waals surface area contributed by atoms with E-state index in [9.17, 15) is 0 Å². The molecule has 0 fully saturated rings. The topological polar surface area (TPSA) is 41.6 Å². The highest BCUT2D eigenvalue weighted by atomic mass is 15.2. The molecule has 1 heterocycles. The highest BCUT2D eigenvalue weighted by Gasteiger charge is 2.20. The van der Waals surface area contributed by atoms with Crippen molar-refractivity contribution in [1.29, 1.82) is 0 Å². The number of amidine groups is 1. The summed E-state index contributed by atoms with van der Waals surface area (Å²) in [5, 5.41) is 2.43. The molecule has 0 aliphatic carbocycles. The van der Waals surface area contributed by atoms with Gasteiger partial charge in [-0.1, -0.05) is 24.3 Å². The molecule has 0 unspecified atom stereocenters. The number of nitrogen functional groups attached to an aromatic ring is 1. The van der Waals surface area contributed by atoms with Crippen LogP contribution in [0.1, 0.15) is 5.56 Å². The first kappa shape index (κ1) is 12.0. The maximum atomic E-state index is 5.78. The third-order valence-corrected chi connectivity index (χ3v) is 3.94. The van der Waals surface area contributed by atoms with Crippen LogP contribution in [-0.2, 0) is 0 Å². The number of anilines is 2. The standard InChI is InChI=1S/C18H15N3/c1-21-16-7-3-5-12-4-2-6-15(17(12)16)20-18(21)13-8-10-14(19)11-9-13/h2-11H,19H2,1H3. The van der Waals surface area contributed by atoms with Gasteiger partial charge in [-0.3, -0.25) is 0 Å². The summed E-state index contributed by atoms with van der Waals surface area (Å²) in [5.41, 5.74) is 9.81. The van der Waals surface area contributed by atoms with Crippen molar-refractivity contribution in [3.05, 3.63) is 66.2 Å². The Hall–Kier alpha value is -2.81. The Morgan fingerprint density at radius 1 is 0.905 bits per heavy atom. The van der Waals surface area contributed by atoms with Crippen LogP contribution in [0.4, 0.5) is 17.1 Å². The summed E-state index contributed by atoms with van der Waals surface area (Å²) in [5.74, 6) is 0.946. The minimum Gasteiger partial charge on any atom is -0.399 e. The average Bonchev–Trinajstić information content (AvgIpc) is 2.52. The zero-order chi connectivity index (χ0) is 14.4. The van der Waals surface area contributed by atoms with Crippen molar-refractivity contribution in [2.75, 3.05) is 17.7 Å². The van der Waals surface area contributed by atoms with Crippen molar-refractivity contribution in [2.24, 2.45) is 4.99 Å². The molecule has 0 radical (unpaired) electrons. The number of hydrogen-bond donors (Lipinski definition) is 1. The van der Waals surface area contributed by atoms with Crippen molar-refractivity contribution >= 4 is 33.7 Å². The van der Waals surface area contributed by atoms with Crippen molar-refractivity contribution in [2.45, 2.75) is 0 Å². The molecular weight excluding hydrogens is 258 g/mol. The smallest absolute Gasteiger partial charge is 0.140 e. The maximum absolute atomic E-state index is 5.78. The maximum Gasteiger partial charge on any atom is 0.140 e. The first-order chi connectivity index (χ1) is 10.2. The normalized spacial score (nSPS) is 13.4. The van der Waals surface area contributed by atoms with Gasteiger partial charge in [0.2, 0.25) is 0 Å². The number of rotatable bonds is 1. The summed E-state index contributed by atoms with van der Waals surface area (Å²) in [7, 11) is 2.06. The van der Waals surface area contributed by atoms with E-state index in [4.69, 9.17) is 10.7 Å². The second kappa shape index (κ2) is 4.35. The van der Waals surface area contributed by atoms with Gasteiger partial charge in [0.05, 0.1) is 11.4 Å². The zero-order valence-corrected chi connectivity index (χ0v) is 11.7. The highest BCUT2D eigenvalue weighted by molar-refractivity contribution is 6.20. The van der Waals surface area contributed by atoms with E-state index >= 15 is 0 Å². The fraction of sp³-hybridized carbons (Fsp3) is 0.0556. The molecule has 4 rings (SSSR count). The molecule has 3 aromatic carbocycles. The molecule has 21 heavy (non-hydrogen) atoms. The number of benzene rings is 3. The van der Waals surface area contributed by atoms with E-state index in [0.29, 0.717) is 0 Å². The Morgan fingerprint density at radius 3 is 2.38 bits per heavy atom. The van der Waals surface area contributed by atoms with E-state index in [1.54, 1.807) is 0 Å². The fourth-order valence-electron chi connectivity index (χ4n) is 2.87. The van der Waals surface area contributed by atoms with Gasteiger partial charge in [-0.25, -0.2) is 4.99 Å². The molecule has 1 aliphatic heterocycles. The van der Waals surface area contributed by atoms with Crippen LogP contribution in [0.3, 0.4) is 0 Å². The van der Waals surface area contributed by atoms with Gasteiger partial charge in [0.25, 0.3) is 0 Å². The van der Waals surface area contributed by atoms with Gasteiger partial charge in [-0.2, -0.15) is 0 Å². The second-order valence-electron chi connectivity index (χ2n) is 5.27. The number of hydrogen-bond acceptors (Lipinski definition) is 3. The SMILES string of the molecule is CN1C(c2ccc(N)cc2)=Nc2cccc3cccc1c23. The monoisotopic (exact) mass is 273 g/mol. The van der Waals surface area contributed by atoms with Gasteiger partial charge in [-0.15, -0.1) is 0 Å². The minimum absolute atomic E-state index is 0.764. The van der Waals surface area contributed by atoms with E-state index in [1.165, 1.54) is 16.5 Å². The van der Waals surface area contributed by atoms with E-state index in [0.717, 1.165) is 22.8 Å². The van der Waals surface area contributed by atoms with E-state index in [2.05, 4.69) is 48.3 Å². The van der Waals surface area contributed by atoms with Gasteiger partial charge < -0.3 is 10.6 Å². The summed E-state index contributed by atoms with van der Waals surface area (Å²) in [6, 6.07) is 20.4. The summed E-state index contributed by atoms with van der Waals surface area (Å²) in [4.78, 5) is 6.99. The lowest BCUT2D eigenvalue weighted by atomic mass is 10.0. The number of aliphatic imine (C=N–C) groups is 1. The second-order valence-corrected chi connectivity index (χ2v) is 5.27. The lowest BCUT2D eigenvalue weighted by Crippen LogP contribution is -2.29. The predicted octanol–water partition coefficient (Wildman–Crippen LogP) is 3.95. The Balaban J connectivity index is 1.97. The molecule has 0 saturated heterocycles. The molecule has 0 bridgehead atoms. The van der Waals surface area contributed by atoms with Crippen LogP contribution in [0.25, 0.3) is 10.8 Å². The fourth-order valence-corrected chi connectivity index (χ4v) is 2.87. The van der Waals surface area contributed by atoms with Crippen LogP contribution in [0.2, 0.25) is 0 Å². The van der Waals surface area contributed by atoms with Crippen molar-refractivity contribution in [3.63, 3.8) is 0 Å². The van der Waals surface area contributed by atoms with Crippen LogP contribution in [0.5, 0.6) is 0 Å². The quantitative estimate of drug-likeness (QED) is 0.682. The molecule has 3 heteroatoms. The van der Waals surface area contributed by atoms with Gasteiger partial charge in [0.15, 0.2) is 0 Å². The molecule has 2 N–H and O–H groups in total. The van der Waals surface area contributed by atoms with Crippen molar-refractivity contribution < 1.29 is 0 Å². The third kappa shape index (κ3) is 1.78. The van der Waals surface area contributed by atoms with Gasteiger partial charge >= 0.3 is 0 Å². The highest BCUT2D eigenvalue weighted by Crippen LogP contribution is 2.38. The molecule has 3 aromatic rings. The van der Waals surface area contributed by atoms with Crippen LogP contribution in [0.15, 0.2) is 65.7 Å². The molecule has 1 aliphatic rings. The van der Waals surface area contributed by atoms with E-state index in [-0.39, 0.29) is 0 Å². The first-order valence-electron chi connectivity index (χ1n) is 6.94. The minimum atomic E-state index is 0.764. The van der Waals surface area contributed by atoms with Crippen LogP contribution in [0, 0.1) is 0 Å². The molecule has 3 nitrogen and oxygen atoms in total. The lowest BCUT2D eigenvalue weighted by Gasteiger charge is -2.27. The van der Waals surface area contributed by atoms with Crippen molar-refractivity contribution in [1.82, 2.24) is 0 Å². The molecular formula is C18H15N3. The van der Waals surface area contributed by atoms with E-state index in [1.807, 2.05) is 24.3 Å². The lowest BCUT2D eigenvalue weighted by molar-refractivity contribution is 1.24. The van der Waals surface area contributed by atoms with Gasteiger partial charge in [0.1, 0.15) is 5.84 Å². The molecule has 0 saturated carbocycles. The van der Waals surface area contributed by atoms with Gasteiger partial charge in [-0.05, 0) is 41.8 Å². The molecule has 0 aromatic heterocycles. The Morgan fingerprint density at radius 2 is 1.62 bits per heavy atom. The predicted molar refractivity (Wildman–Crippen MR) is 89.4 cm³/mol. The molecule has 0 amide bonds. The number of nitrogens with two attached hydrogens (primary N) is 1. The van der Waals surface area contributed by atoms with Crippen LogP contribution in [-0.4, -0.2) is 12.9 Å². The molecule has 102 valence electrons. The Bertz CT molecular complexity index is 858. The Labute approximate surface area is 123 Å². The summed E-state index contributed by atoms with van der Waals surface area (Å²) < 4.78 is 0. The van der Waals surface area contributed by atoms with Crippen molar-refractivity contribution in [3.8, 4) is 0 Å². The summed E-state index contributed by atoms with van der Waals surface area (Å²) in [6.07, 6.45) is 0. The van der Waals surface area contributed by atoms with Gasteiger partial charge in [0, 0.05) is 23.7 Å². The zero-order valence-electron chi connectivity index (χ0n) is 11.7. The average molecular weight is 273 g/mol.